The smallest absolute Gasteiger partial charge is 0.252 e. The lowest BCUT2D eigenvalue weighted by Crippen LogP contribution is -2.27. The number of rotatable bonds is 4. The van der Waals surface area contributed by atoms with E-state index in [4.69, 9.17) is 4.42 Å². The fourth-order valence-electron chi connectivity index (χ4n) is 2.21. The SMILES string of the molecule is CC(NC(=O)c1ccc(F)c(F)c1)c1ncc(-c2ccc(F)cc2)o1. The molecule has 0 spiro atoms. The first kappa shape index (κ1) is 16.8. The maximum atomic E-state index is 13.2. The largest absolute Gasteiger partial charge is 0.438 e. The van der Waals surface area contributed by atoms with Crippen LogP contribution < -0.4 is 5.32 Å². The van der Waals surface area contributed by atoms with E-state index in [1.165, 1.54) is 24.4 Å². The van der Waals surface area contributed by atoms with Crippen molar-refractivity contribution >= 4 is 5.91 Å². The molecule has 3 rings (SSSR count). The molecule has 2 aromatic carbocycles. The predicted octanol–water partition coefficient (Wildman–Crippen LogP) is 4.25. The third-order valence-electron chi connectivity index (χ3n) is 3.55. The first-order valence-corrected chi connectivity index (χ1v) is 7.41. The van der Waals surface area contributed by atoms with Gasteiger partial charge < -0.3 is 9.73 Å². The number of carbonyl (C=O) groups excluding carboxylic acids is 1. The average Bonchev–Trinajstić information content (AvgIpc) is 3.08. The lowest BCUT2D eigenvalue weighted by atomic mass is 10.2. The van der Waals surface area contributed by atoms with Crippen LogP contribution in [-0.2, 0) is 0 Å². The molecule has 0 aliphatic heterocycles. The van der Waals surface area contributed by atoms with Crippen molar-refractivity contribution < 1.29 is 22.4 Å². The molecule has 0 saturated heterocycles. The molecule has 1 aromatic heterocycles. The molecule has 0 aliphatic rings. The van der Waals surface area contributed by atoms with Crippen LogP contribution in [0.1, 0.15) is 29.2 Å². The number of aromatic nitrogens is 1. The molecule has 1 unspecified atom stereocenters. The zero-order valence-corrected chi connectivity index (χ0v) is 13.1. The summed E-state index contributed by atoms with van der Waals surface area (Å²) in [6, 6.07) is 7.96. The number of benzene rings is 2. The maximum Gasteiger partial charge on any atom is 0.252 e. The van der Waals surface area contributed by atoms with E-state index in [1.54, 1.807) is 19.1 Å². The number of amides is 1. The third-order valence-corrected chi connectivity index (χ3v) is 3.55. The van der Waals surface area contributed by atoms with Crippen molar-refractivity contribution in [2.45, 2.75) is 13.0 Å². The highest BCUT2D eigenvalue weighted by Crippen LogP contribution is 2.23. The van der Waals surface area contributed by atoms with Crippen LogP contribution in [-0.4, -0.2) is 10.9 Å². The molecule has 7 heteroatoms. The maximum absolute atomic E-state index is 13.2. The molecule has 0 fully saturated rings. The molecule has 4 nitrogen and oxygen atoms in total. The Morgan fingerprint density at radius 2 is 1.80 bits per heavy atom. The fraction of sp³-hybridized carbons (Fsp3) is 0.111. The summed E-state index contributed by atoms with van der Waals surface area (Å²) in [5, 5.41) is 2.59. The van der Waals surface area contributed by atoms with Gasteiger partial charge in [0.05, 0.1) is 6.20 Å². The van der Waals surface area contributed by atoms with Crippen LogP contribution in [0, 0.1) is 17.5 Å². The standard InChI is InChI=1S/C18H13F3N2O2/c1-10(23-17(24)12-4-7-14(20)15(21)8-12)18-22-9-16(25-18)11-2-5-13(19)6-3-11/h2-10H,1H3,(H,23,24). The van der Waals surface area contributed by atoms with Crippen LogP contribution in [0.2, 0.25) is 0 Å². The third kappa shape index (κ3) is 3.71. The van der Waals surface area contributed by atoms with Crippen molar-refractivity contribution in [2.75, 3.05) is 0 Å². The normalized spacial score (nSPS) is 12.0. The first-order valence-electron chi connectivity index (χ1n) is 7.41. The molecular weight excluding hydrogens is 333 g/mol. The van der Waals surface area contributed by atoms with Gasteiger partial charge in [-0.15, -0.1) is 0 Å². The summed E-state index contributed by atoms with van der Waals surface area (Å²) in [4.78, 5) is 16.2. The summed E-state index contributed by atoms with van der Waals surface area (Å²) in [6.45, 7) is 1.64. The van der Waals surface area contributed by atoms with Crippen molar-refractivity contribution in [1.29, 1.82) is 0 Å². The van der Waals surface area contributed by atoms with Gasteiger partial charge in [0, 0.05) is 11.1 Å². The van der Waals surface area contributed by atoms with Crippen LogP contribution in [0.4, 0.5) is 13.2 Å². The van der Waals surface area contributed by atoms with Gasteiger partial charge in [0.2, 0.25) is 5.89 Å². The molecule has 0 bridgehead atoms. The van der Waals surface area contributed by atoms with Crippen molar-refractivity contribution in [3.05, 3.63) is 77.6 Å². The Hall–Kier alpha value is -3.09. The summed E-state index contributed by atoms with van der Waals surface area (Å²) in [5.41, 5.74) is 0.621. The van der Waals surface area contributed by atoms with E-state index in [2.05, 4.69) is 10.3 Å². The van der Waals surface area contributed by atoms with Gasteiger partial charge in [-0.1, -0.05) is 0 Å². The fourth-order valence-corrected chi connectivity index (χ4v) is 2.21. The number of nitrogens with zero attached hydrogens (tertiary/aromatic N) is 1. The van der Waals surface area contributed by atoms with Gasteiger partial charge in [0.1, 0.15) is 11.9 Å². The summed E-state index contributed by atoms with van der Waals surface area (Å²) in [6.07, 6.45) is 1.46. The van der Waals surface area contributed by atoms with Crippen LogP contribution in [0.25, 0.3) is 11.3 Å². The van der Waals surface area contributed by atoms with E-state index < -0.39 is 23.6 Å². The van der Waals surface area contributed by atoms with E-state index in [9.17, 15) is 18.0 Å². The second kappa shape index (κ2) is 6.80. The number of oxazole rings is 1. The van der Waals surface area contributed by atoms with Crippen molar-refractivity contribution in [3.63, 3.8) is 0 Å². The van der Waals surface area contributed by atoms with E-state index in [-0.39, 0.29) is 17.3 Å². The molecule has 128 valence electrons. The van der Waals surface area contributed by atoms with Gasteiger partial charge in [-0.25, -0.2) is 18.2 Å². The molecule has 1 N–H and O–H groups in total. The second-order valence-electron chi connectivity index (χ2n) is 5.39. The lowest BCUT2D eigenvalue weighted by molar-refractivity contribution is 0.0933. The van der Waals surface area contributed by atoms with Crippen molar-refractivity contribution in [1.82, 2.24) is 10.3 Å². The highest BCUT2D eigenvalue weighted by Gasteiger charge is 2.18. The van der Waals surface area contributed by atoms with Gasteiger partial charge in [-0.2, -0.15) is 0 Å². The summed E-state index contributed by atoms with van der Waals surface area (Å²) in [7, 11) is 0. The Morgan fingerprint density at radius 3 is 2.48 bits per heavy atom. The zero-order valence-electron chi connectivity index (χ0n) is 13.1. The molecule has 1 heterocycles. The predicted molar refractivity (Wildman–Crippen MR) is 84.1 cm³/mol. The van der Waals surface area contributed by atoms with E-state index in [1.807, 2.05) is 0 Å². The molecule has 3 aromatic rings. The Labute approximate surface area is 141 Å². The van der Waals surface area contributed by atoms with Crippen LogP contribution in [0.3, 0.4) is 0 Å². The zero-order chi connectivity index (χ0) is 18.0. The van der Waals surface area contributed by atoms with Gasteiger partial charge in [0.25, 0.3) is 5.91 Å². The minimum atomic E-state index is -1.10. The number of halogens is 3. The highest BCUT2D eigenvalue weighted by atomic mass is 19.2. The van der Waals surface area contributed by atoms with Gasteiger partial charge in [0.15, 0.2) is 17.4 Å². The second-order valence-corrected chi connectivity index (χ2v) is 5.39. The quantitative estimate of drug-likeness (QED) is 0.768. The van der Waals surface area contributed by atoms with Crippen LogP contribution >= 0.6 is 0 Å². The number of hydrogen-bond donors (Lipinski definition) is 1. The number of carbonyl (C=O) groups is 1. The molecule has 25 heavy (non-hydrogen) atoms. The minimum absolute atomic E-state index is 0.0175. The van der Waals surface area contributed by atoms with Gasteiger partial charge in [-0.3, -0.25) is 4.79 Å². The topological polar surface area (TPSA) is 55.1 Å². The Kier molecular flexibility index (Phi) is 4.56. The Balaban J connectivity index is 1.73. The molecule has 1 atom stereocenters. The van der Waals surface area contributed by atoms with E-state index in [0.29, 0.717) is 11.3 Å². The molecule has 0 saturated carbocycles. The Morgan fingerprint density at radius 1 is 1.08 bits per heavy atom. The minimum Gasteiger partial charge on any atom is -0.438 e. The van der Waals surface area contributed by atoms with Crippen LogP contribution in [0.15, 0.2) is 53.1 Å². The summed E-state index contributed by atoms with van der Waals surface area (Å²) in [5.74, 6) is -2.43. The van der Waals surface area contributed by atoms with Gasteiger partial charge >= 0.3 is 0 Å². The highest BCUT2D eigenvalue weighted by molar-refractivity contribution is 5.94. The number of nitrogens with one attached hydrogen (secondary N) is 1. The average molecular weight is 346 g/mol. The van der Waals surface area contributed by atoms with Crippen molar-refractivity contribution in [3.8, 4) is 11.3 Å². The monoisotopic (exact) mass is 346 g/mol. The number of hydrogen-bond acceptors (Lipinski definition) is 3. The van der Waals surface area contributed by atoms with Gasteiger partial charge in [-0.05, 0) is 49.4 Å². The lowest BCUT2D eigenvalue weighted by Gasteiger charge is -2.10. The molecular formula is C18H13F3N2O2. The molecule has 0 aliphatic carbocycles. The van der Waals surface area contributed by atoms with Crippen molar-refractivity contribution in [2.24, 2.45) is 0 Å². The summed E-state index contributed by atoms with van der Waals surface area (Å²) >= 11 is 0. The molecule has 1 amide bonds. The Bertz CT molecular complexity index is 907. The molecule has 0 radical (unpaired) electrons. The van der Waals surface area contributed by atoms with E-state index >= 15 is 0 Å². The van der Waals surface area contributed by atoms with E-state index in [0.717, 1.165) is 12.1 Å². The first-order chi connectivity index (χ1) is 11.9. The summed E-state index contributed by atoms with van der Waals surface area (Å²) < 4.78 is 44.6. The van der Waals surface area contributed by atoms with Crippen LogP contribution in [0.5, 0.6) is 0 Å².